The minimum atomic E-state index is -0.486. The molecule has 0 spiro atoms. The largest absolute Gasteiger partial charge is 0.508 e. The maximum Gasteiger partial charge on any atom is 0.410 e. The van der Waals surface area contributed by atoms with Crippen LogP contribution in [-0.2, 0) is 17.8 Å². The fraction of sp³-hybridized carbons (Fsp3) is 0.355. The Labute approximate surface area is 233 Å². The number of ether oxygens (including phenoxy) is 1. The van der Waals surface area contributed by atoms with Crippen molar-refractivity contribution in [2.45, 2.75) is 53.3 Å². The zero-order valence-electron chi connectivity index (χ0n) is 24.4. The Morgan fingerprint density at radius 1 is 0.718 bits per heavy atom. The molecule has 0 fully saturated rings. The minimum absolute atomic E-state index is 0.181. The lowest BCUT2D eigenvalue weighted by molar-refractivity contribution is 0.0285. The number of rotatable bonds is 5. The number of phenolic OH excluding ortho intramolecular Hbond substituents is 3. The summed E-state index contributed by atoms with van der Waals surface area (Å²) in [6.07, 6.45) is 0.380. The number of hydrogen-bond donors (Lipinski definition) is 3. The van der Waals surface area contributed by atoms with Crippen molar-refractivity contribution < 1.29 is 29.6 Å². The Hall–Kier alpha value is -4.04. The lowest BCUT2D eigenvalue weighted by Gasteiger charge is -2.24. The van der Waals surface area contributed by atoms with Crippen molar-refractivity contribution in [1.82, 2.24) is 9.80 Å². The highest BCUT2D eigenvalue weighted by molar-refractivity contribution is 5.74. The zero-order valence-corrected chi connectivity index (χ0v) is 24.4. The highest BCUT2D eigenvalue weighted by atomic mass is 16.6. The number of aldehydes is 1. The van der Waals surface area contributed by atoms with E-state index in [-0.39, 0.29) is 17.6 Å². The van der Waals surface area contributed by atoms with Crippen LogP contribution in [0.4, 0.5) is 4.79 Å². The first-order valence-corrected chi connectivity index (χ1v) is 12.7. The van der Waals surface area contributed by atoms with Gasteiger partial charge in [-0.05, 0) is 94.5 Å². The number of phenols is 3. The highest BCUT2D eigenvalue weighted by Gasteiger charge is 2.19. The minimum Gasteiger partial charge on any atom is -0.508 e. The van der Waals surface area contributed by atoms with Crippen molar-refractivity contribution in [3.05, 3.63) is 89.5 Å². The second-order valence-corrected chi connectivity index (χ2v) is 9.62. The number of carbonyl (C=O) groups is 2. The van der Waals surface area contributed by atoms with Crippen molar-refractivity contribution in [3.8, 4) is 17.2 Å². The molecule has 0 aromatic heterocycles. The van der Waals surface area contributed by atoms with E-state index in [1.54, 1.807) is 55.6 Å². The normalized spacial score (nSPS) is 9.97. The third-order valence-corrected chi connectivity index (χ3v) is 4.53. The molecular weight excluding hydrogens is 496 g/mol. The smallest absolute Gasteiger partial charge is 0.410 e. The molecule has 3 aromatic rings. The van der Waals surface area contributed by atoms with Gasteiger partial charge in [0.05, 0.1) is 0 Å². The van der Waals surface area contributed by atoms with Crippen molar-refractivity contribution in [3.63, 3.8) is 0 Å². The molecule has 0 aliphatic heterocycles. The highest BCUT2D eigenvalue weighted by Crippen LogP contribution is 2.14. The van der Waals surface area contributed by atoms with Gasteiger partial charge in [0, 0.05) is 25.7 Å². The van der Waals surface area contributed by atoms with Crippen LogP contribution in [0.3, 0.4) is 0 Å². The molecule has 3 N–H and O–H groups in total. The van der Waals surface area contributed by atoms with E-state index in [4.69, 9.17) is 20.1 Å². The number of benzene rings is 3. The van der Waals surface area contributed by atoms with Crippen LogP contribution in [0.15, 0.2) is 72.8 Å². The number of aromatic hydroxyl groups is 3. The van der Waals surface area contributed by atoms with Crippen LogP contribution in [0.2, 0.25) is 0 Å². The van der Waals surface area contributed by atoms with Gasteiger partial charge in [-0.3, -0.25) is 4.79 Å². The number of carbonyl (C=O) groups excluding carboxylic acids is 2. The molecule has 0 unspecified atom stereocenters. The van der Waals surface area contributed by atoms with E-state index in [0.717, 1.165) is 18.4 Å². The average molecular weight is 541 g/mol. The van der Waals surface area contributed by atoms with Gasteiger partial charge in [0.25, 0.3) is 0 Å². The summed E-state index contributed by atoms with van der Waals surface area (Å²) in [5, 5.41) is 26.9. The zero-order chi connectivity index (χ0) is 30.0. The Morgan fingerprint density at radius 3 is 1.41 bits per heavy atom. The maximum absolute atomic E-state index is 11.7. The predicted octanol–water partition coefficient (Wildman–Crippen LogP) is 6.44. The molecule has 0 atom stereocenters. The summed E-state index contributed by atoms with van der Waals surface area (Å²) in [5.74, 6) is 0.724. The summed E-state index contributed by atoms with van der Waals surface area (Å²) in [6, 6.07) is 20.1. The molecule has 214 valence electrons. The Balaban J connectivity index is 0.000000567. The molecule has 0 aliphatic rings. The van der Waals surface area contributed by atoms with Gasteiger partial charge in [0.1, 0.15) is 29.1 Å². The summed E-state index contributed by atoms with van der Waals surface area (Å²) in [6.45, 7) is 10.9. The summed E-state index contributed by atoms with van der Waals surface area (Å²) in [5.41, 5.74) is 2.25. The van der Waals surface area contributed by atoms with Gasteiger partial charge in [-0.1, -0.05) is 38.1 Å². The Kier molecular flexibility index (Phi) is 16.4. The van der Waals surface area contributed by atoms with E-state index < -0.39 is 5.60 Å². The van der Waals surface area contributed by atoms with Gasteiger partial charge < -0.3 is 29.9 Å². The quantitative estimate of drug-likeness (QED) is 0.319. The SMILES string of the molecule is CC.CN(C)Cc1ccc(O)cc1.CN(Cc1ccc(O)cc1)C(=O)OC(C)(C)C.O=Cc1ccc(O)cc1. The topological polar surface area (TPSA) is 111 Å². The van der Waals surface area contributed by atoms with Gasteiger partial charge in [-0.2, -0.15) is 0 Å². The molecule has 0 heterocycles. The van der Waals surface area contributed by atoms with Crippen molar-refractivity contribution in [2.24, 2.45) is 0 Å². The van der Waals surface area contributed by atoms with E-state index in [1.807, 2.05) is 60.8 Å². The Morgan fingerprint density at radius 2 is 1.08 bits per heavy atom. The van der Waals surface area contributed by atoms with Crippen LogP contribution in [0, 0.1) is 0 Å². The molecule has 0 radical (unpaired) electrons. The van der Waals surface area contributed by atoms with Crippen LogP contribution in [-0.4, -0.2) is 64.2 Å². The lowest BCUT2D eigenvalue weighted by Crippen LogP contribution is -2.33. The number of nitrogens with zero attached hydrogens (tertiary/aromatic N) is 2. The lowest BCUT2D eigenvalue weighted by atomic mass is 10.2. The average Bonchev–Trinajstić information content (AvgIpc) is 2.88. The first-order chi connectivity index (χ1) is 18.3. The van der Waals surface area contributed by atoms with Crippen molar-refractivity contribution in [1.29, 1.82) is 0 Å². The van der Waals surface area contributed by atoms with E-state index in [0.29, 0.717) is 17.9 Å². The van der Waals surface area contributed by atoms with Crippen molar-refractivity contribution >= 4 is 12.4 Å². The van der Waals surface area contributed by atoms with Crippen LogP contribution >= 0.6 is 0 Å². The molecule has 3 rings (SSSR count). The van der Waals surface area contributed by atoms with Crippen LogP contribution in [0.25, 0.3) is 0 Å². The van der Waals surface area contributed by atoms with E-state index in [9.17, 15) is 9.59 Å². The third-order valence-electron chi connectivity index (χ3n) is 4.53. The molecule has 3 aromatic carbocycles. The summed E-state index contributed by atoms with van der Waals surface area (Å²) >= 11 is 0. The first-order valence-electron chi connectivity index (χ1n) is 12.7. The van der Waals surface area contributed by atoms with Crippen molar-refractivity contribution in [2.75, 3.05) is 21.1 Å². The fourth-order valence-corrected chi connectivity index (χ4v) is 2.80. The Bertz CT molecular complexity index is 1070. The van der Waals surface area contributed by atoms with Crippen LogP contribution in [0.5, 0.6) is 17.2 Å². The molecule has 8 heteroatoms. The van der Waals surface area contributed by atoms with Gasteiger partial charge in [-0.25, -0.2) is 4.79 Å². The molecule has 0 bridgehead atoms. The summed E-state index contributed by atoms with van der Waals surface area (Å²) in [7, 11) is 5.72. The molecule has 8 nitrogen and oxygen atoms in total. The van der Waals surface area contributed by atoms with Gasteiger partial charge >= 0.3 is 6.09 Å². The van der Waals surface area contributed by atoms with E-state index >= 15 is 0 Å². The monoisotopic (exact) mass is 540 g/mol. The van der Waals surface area contributed by atoms with E-state index in [1.165, 1.54) is 22.6 Å². The standard InChI is InChI=1S/C13H19NO3.C9H13NO.C7H6O2.C2H6/c1-13(2,3)17-12(16)14(4)9-10-5-7-11(15)8-6-10;1-10(2)7-8-3-5-9(11)6-4-8;8-5-6-1-3-7(9)4-2-6;1-2/h5-8,15H,9H2,1-4H3;3-6,11H,7H2,1-2H3;1-5,9H;1-2H3. The molecule has 39 heavy (non-hydrogen) atoms. The number of hydrogen-bond acceptors (Lipinski definition) is 7. The summed E-state index contributed by atoms with van der Waals surface area (Å²) < 4.78 is 5.23. The third kappa shape index (κ3) is 17.2. The molecule has 0 aliphatic carbocycles. The summed E-state index contributed by atoms with van der Waals surface area (Å²) in [4.78, 5) is 25.3. The maximum atomic E-state index is 11.7. The predicted molar refractivity (Wildman–Crippen MR) is 156 cm³/mol. The first kappa shape index (κ1) is 35.0. The second kappa shape index (κ2) is 18.3. The molecule has 1 amide bonds. The van der Waals surface area contributed by atoms with Crippen LogP contribution < -0.4 is 0 Å². The van der Waals surface area contributed by atoms with E-state index in [2.05, 4.69) is 4.90 Å². The van der Waals surface area contributed by atoms with Crippen LogP contribution in [0.1, 0.15) is 56.1 Å². The number of amides is 1. The van der Waals surface area contributed by atoms with Gasteiger partial charge in [0.2, 0.25) is 0 Å². The molecule has 0 saturated heterocycles. The second-order valence-electron chi connectivity index (χ2n) is 9.62. The molecular formula is C31H44N2O6. The fourth-order valence-electron chi connectivity index (χ4n) is 2.80. The van der Waals surface area contributed by atoms with Gasteiger partial charge in [0.15, 0.2) is 0 Å². The molecule has 0 saturated carbocycles. The van der Waals surface area contributed by atoms with Gasteiger partial charge in [-0.15, -0.1) is 0 Å².